The molecule has 0 unspecified atom stereocenters. The average molecular weight is 593 g/mol. The standard InChI is InChI=1S/C30H39F3N4O3S/c31-30(32,33)23-7-5-6-21(20-23)12-15-34-17-14-26(39)37(24-8-3-1-2-4-9-24)19-18-35-16-13-22-10-11-25(38)27-28(22)41-29(40)36-27/h5-7,10-11,20,24,34-35,38H,1-4,8-9,12-19H2,(H,36,40). The van der Waals surface area contributed by atoms with Crippen LogP contribution in [-0.4, -0.2) is 59.7 Å². The summed E-state index contributed by atoms with van der Waals surface area (Å²) in [6, 6.07) is 9.03. The number of phenols is 1. The van der Waals surface area contributed by atoms with Crippen molar-refractivity contribution >= 4 is 27.5 Å². The Bertz CT molecular complexity index is 1330. The van der Waals surface area contributed by atoms with Gasteiger partial charge in [0.1, 0.15) is 11.3 Å². The first-order chi connectivity index (χ1) is 19.7. The van der Waals surface area contributed by atoms with Crippen molar-refractivity contribution < 1.29 is 23.1 Å². The topological polar surface area (TPSA) is 97.5 Å². The van der Waals surface area contributed by atoms with Gasteiger partial charge in [-0.25, -0.2) is 0 Å². The number of rotatable bonds is 13. The molecule has 3 aromatic rings. The second kappa shape index (κ2) is 14.8. The number of nitrogens with one attached hydrogen (secondary N) is 3. The zero-order valence-corrected chi connectivity index (χ0v) is 24.0. The Morgan fingerprint density at radius 2 is 1.73 bits per heavy atom. The predicted molar refractivity (Wildman–Crippen MR) is 157 cm³/mol. The van der Waals surface area contributed by atoms with E-state index in [1.807, 2.05) is 11.0 Å². The molecule has 1 heterocycles. The first-order valence-electron chi connectivity index (χ1n) is 14.4. The zero-order chi connectivity index (χ0) is 29.2. The number of H-pyrrole nitrogens is 1. The summed E-state index contributed by atoms with van der Waals surface area (Å²) >= 11 is 1.09. The molecule has 0 saturated heterocycles. The summed E-state index contributed by atoms with van der Waals surface area (Å²) in [6.07, 6.45) is 3.78. The quantitative estimate of drug-likeness (QED) is 0.161. The van der Waals surface area contributed by atoms with E-state index in [1.54, 1.807) is 12.1 Å². The van der Waals surface area contributed by atoms with Crippen molar-refractivity contribution in [2.75, 3.05) is 32.7 Å². The molecule has 0 aliphatic heterocycles. The highest BCUT2D eigenvalue weighted by atomic mass is 32.1. The molecule has 4 rings (SSSR count). The number of amides is 1. The van der Waals surface area contributed by atoms with Gasteiger partial charge in [0.2, 0.25) is 5.91 Å². The van der Waals surface area contributed by atoms with Crippen molar-refractivity contribution in [1.82, 2.24) is 20.5 Å². The lowest BCUT2D eigenvalue weighted by Crippen LogP contribution is -2.45. The number of hydrogen-bond donors (Lipinski definition) is 4. The molecule has 1 aliphatic carbocycles. The molecule has 41 heavy (non-hydrogen) atoms. The number of alkyl halides is 3. The van der Waals surface area contributed by atoms with Crippen molar-refractivity contribution in [3.05, 3.63) is 62.8 Å². The lowest BCUT2D eigenvalue weighted by Gasteiger charge is -2.32. The summed E-state index contributed by atoms with van der Waals surface area (Å²) in [5, 5.41) is 16.7. The summed E-state index contributed by atoms with van der Waals surface area (Å²) in [4.78, 5) is 29.5. The minimum absolute atomic E-state index is 0.0674. The molecule has 1 saturated carbocycles. The third-order valence-corrected chi connectivity index (χ3v) is 8.64. The number of hydrogen-bond acceptors (Lipinski definition) is 6. The van der Waals surface area contributed by atoms with Gasteiger partial charge in [0.05, 0.1) is 10.3 Å². The number of halogens is 3. The normalized spacial score (nSPS) is 14.8. The third-order valence-electron chi connectivity index (χ3n) is 7.69. The van der Waals surface area contributed by atoms with Crippen LogP contribution < -0.4 is 15.5 Å². The van der Waals surface area contributed by atoms with Gasteiger partial charge in [0.25, 0.3) is 0 Å². The summed E-state index contributed by atoms with van der Waals surface area (Å²) in [6.45, 7) is 2.91. The fourth-order valence-electron chi connectivity index (χ4n) is 5.50. The molecule has 2 aromatic carbocycles. The number of aromatic hydroxyl groups is 1. The van der Waals surface area contributed by atoms with E-state index in [0.717, 1.165) is 53.3 Å². The van der Waals surface area contributed by atoms with Crippen molar-refractivity contribution in [3.8, 4) is 5.75 Å². The van der Waals surface area contributed by atoms with E-state index in [1.165, 1.54) is 25.0 Å². The maximum atomic E-state index is 13.3. The lowest BCUT2D eigenvalue weighted by molar-refractivity contribution is -0.137. The van der Waals surface area contributed by atoms with Crippen LogP contribution in [0, 0.1) is 0 Å². The molecule has 224 valence electrons. The van der Waals surface area contributed by atoms with Crippen LogP contribution in [0.2, 0.25) is 0 Å². The van der Waals surface area contributed by atoms with Gasteiger partial charge in [-0.1, -0.05) is 61.3 Å². The fraction of sp³-hybridized carbons (Fsp3) is 0.533. The molecule has 1 aliphatic rings. The van der Waals surface area contributed by atoms with Crippen LogP contribution in [0.5, 0.6) is 5.75 Å². The number of benzene rings is 2. The van der Waals surface area contributed by atoms with Gasteiger partial charge in [-0.15, -0.1) is 0 Å². The fourth-order valence-corrected chi connectivity index (χ4v) is 6.40. The van der Waals surface area contributed by atoms with Gasteiger partial charge in [-0.3, -0.25) is 9.59 Å². The van der Waals surface area contributed by atoms with E-state index < -0.39 is 11.7 Å². The third kappa shape index (κ3) is 9.05. The second-order valence-electron chi connectivity index (χ2n) is 10.6. The number of nitrogens with zero attached hydrogens (tertiary/aromatic N) is 1. The molecule has 1 amide bonds. The molecule has 0 spiro atoms. The van der Waals surface area contributed by atoms with Crippen molar-refractivity contribution in [1.29, 1.82) is 0 Å². The van der Waals surface area contributed by atoms with Crippen LogP contribution in [0.25, 0.3) is 10.2 Å². The van der Waals surface area contributed by atoms with Gasteiger partial charge >= 0.3 is 11.0 Å². The summed E-state index contributed by atoms with van der Waals surface area (Å²) in [5.74, 6) is 0.167. The van der Waals surface area contributed by atoms with Crippen molar-refractivity contribution in [2.45, 2.75) is 70.0 Å². The summed E-state index contributed by atoms with van der Waals surface area (Å²) in [7, 11) is 0. The largest absolute Gasteiger partial charge is 0.506 e. The first-order valence-corrected chi connectivity index (χ1v) is 15.2. The molecular formula is C30H39F3N4O3S. The number of phenolic OH excluding ortho intramolecular Hbond substituents is 1. The second-order valence-corrected chi connectivity index (χ2v) is 11.6. The minimum Gasteiger partial charge on any atom is -0.506 e. The van der Waals surface area contributed by atoms with E-state index in [2.05, 4.69) is 15.6 Å². The van der Waals surface area contributed by atoms with E-state index >= 15 is 0 Å². The Kier molecular flexibility index (Phi) is 11.2. The summed E-state index contributed by atoms with van der Waals surface area (Å²) < 4.78 is 39.6. The number of fused-ring (bicyclic) bond motifs is 1. The number of carbonyl (C=O) groups excluding carboxylic acids is 1. The Morgan fingerprint density at radius 3 is 2.49 bits per heavy atom. The average Bonchev–Trinajstić information content (AvgIpc) is 3.15. The van der Waals surface area contributed by atoms with Gasteiger partial charge < -0.3 is 25.6 Å². The van der Waals surface area contributed by atoms with Gasteiger partial charge in [0, 0.05) is 32.1 Å². The summed E-state index contributed by atoms with van der Waals surface area (Å²) in [5.41, 5.74) is 1.44. The van der Waals surface area contributed by atoms with Crippen LogP contribution in [0.3, 0.4) is 0 Å². The van der Waals surface area contributed by atoms with Crippen molar-refractivity contribution in [2.24, 2.45) is 0 Å². The lowest BCUT2D eigenvalue weighted by atomic mass is 10.1. The van der Waals surface area contributed by atoms with Crippen LogP contribution >= 0.6 is 11.3 Å². The maximum absolute atomic E-state index is 13.3. The van der Waals surface area contributed by atoms with E-state index in [9.17, 15) is 27.9 Å². The van der Waals surface area contributed by atoms with Crippen LogP contribution in [0.1, 0.15) is 61.6 Å². The maximum Gasteiger partial charge on any atom is 0.416 e. The number of thiazole rings is 1. The molecular weight excluding hydrogens is 553 g/mol. The Hall–Kier alpha value is -2.89. The van der Waals surface area contributed by atoms with Crippen LogP contribution in [-0.2, 0) is 23.8 Å². The first kappa shape index (κ1) is 31.1. The molecule has 0 radical (unpaired) electrons. The SMILES string of the molecule is O=C(CCNCCc1cccc(C(F)(F)F)c1)N(CCNCCc1ccc(O)c2[nH]c(=O)sc12)C1CCCCCC1. The van der Waals surface area contributed by atoms with E-state index in [-0.39, 0.29) is 22.6 Å². The number of aromatic nitrogens is 1. The van der Waals surface area contributed by atoms with Crippen LogP contribution in [0.15, 0.2) is 41.2 Å². The minimum atomic E-state index is -4.35. The molecule has 4 N–H and O–H groups in total. The zero-order valence-electron chi connectivity index (χ0n) is 23.2. The van der Waals surface area contributed by atoms with E-state index in [4.69, 9.17) is 0 Å². The number of carbonyl (C=O) groups is 1. The molecule has 1 fully saturated rings. The highest BCUT2D eigenvalue weighted by Crippen LogP contribution is 2.30. The molecule has 7 nitrogen and oxygen atoms in total. The monoisotopic (exact) mass is 592 g/mol. The molecule has 0 bridgehead atoms. The predicted octanol–water partition coefficient (Wildman–Crippen LogP) is 5.22. The van der Waals surface area contributed by atoms with Crippen LogP contribution in [0.4, 0.5) is 13.2 Å². The number of aromatic amines is 1. The molecule has 0 atom stereocenters. The van der Waals surface area contributed by atoms with Gasteiger partial charge in [0.15, 0.2) is 0 Å². The van der Waals surface area contributed by atoms with Gasteiger partial charge in [-0.2, -0.15) is 13.2 Å². The Morgan fingerprint density at radius 1 is 1.00 bits per heavy atom. The molecule has 1 aromatic heterocycles. The van der Waals surface area contributed by atoms with Crippen molar-refractivity contribution in [3.63, 3.8) is 0 Å². The Balaban J connectivity index is 1.24. The molecule has 11 heteroatoms. The van der Waals surface area contributed by atoms with E-state index in [0.29, 0.717) is 63.1 Å². The highest BCUT2D eigenvalue weighted by molar-refractivity contribution is 7.16. The Labute approximate surface area is 242 Å². The smallest absolute Gasteiger partial charge is 0.416 e. The van der Waals surface area contributed by atoms with Gasteiger partial charge in [-0.05, 0) is 62.0 Å². The highest BCUT2D eigenvalue weighted by Gasteiger charge is 2.30.